The van der Waals surface area contributed by atoms with E-state index in [-0.39, 0.29) is 22.3 Å². The molecule has 0 aliphatic heterocycles. The van der Waals surface area contributed by atoms with Gasteiger partial charge >= 0.3 is 11.9 Å². The smallest absolute Gasteiger partial charge is 0.342 e. The molecule has 132 valence electrons. The summed E-state index contributed by atoms with van der Waals surface area (Å²) in [6.45, 7) is 3.07. The average Bonchev–Trinajstić information content (AvgIpc) is 2.56. The van der Waals surface area contributed by atoms with Crippen molar-refractivity contribution < 1.29 is 29.0 Å². The van der Waals surface area contributed by atoms with Crippen molar-refractivity contribution in [3.8, 4) is 5.75 Å². The van der Waals surface area contributed by atoms with Crippen LogP contribution in [0.2, 0.25) is 5.02 Å². The van der Waals surface area contributed by atoms with Crippen LogP contribution in [0.25, 0.3) is 0 Å². The van der Waals surface area contributed by atoms with Crippen molar-refractivity contribution in [3.05, 3.63) is 28.8 Å². The summed E-state index contributed by atoms with van der Waals surface area (Å²) in [4.78, 5) is 35.4. The normalized spacial score (nSPS) is 12.8. The maximum Gasteiger partial charge on any atom is 0.342 e. The monoisotopic (exact) mass is 357 g/mol. The number of rotatable bonds is 7. The third-order valence-electron chi connectivity index (χ3n) is 3.50. The zero-order valence-corrected chi connectivity index (χ0v) is 14.4. The van der Waals surface area contributed by atoms with Gasteiger partial charge in [-0.05, 0) is 24.1 Å². The molecule has 0 heterocycles. The molecule has 8 heteroatoms. The highest BCUT2D eigenvalue weighted by Crippen LogP contribution is 2.22. The van der Waals surface area contributed by atoms with Crippen LogP contribution >= 0.6 is 11.6 Å². The minimum absolute atomic E-state index is 0.112. The van der Waals surface area contributed by atoms with E-state index < -0.39 is 30.5 Å². The van der Waals surface area contributed by atoms with E-state index in [9.17, 15) is 19.5 Å². The van der Waals surface area contributed by atoms with Crippen LogP contribution in [0.5, 0.6) is 5.75 Å². The van der Waals surface area contributed by atoms with Crippen molar-refractivity contribution in [1.82, 2.24) is 5.32 Å². The SMILES string of the molecule is CC[C@@H](C)[C@@H](NC(=O)COC(=O)c1ccc(Cl)cc1O)C(=O)OC. The highest BCUT2D eigenvalue weighted by atomic mass is 35.5. The Morgan fingerprint density at radius 3 is 2.54 bits per heavy atom. The lowest BCUT2D eigenvalue weighted by atomic mass is 9.99. The van der Waals surface area contributed by atoms with Crippen LogP contribution in [0.4, 0.5) is 0 Å². The van der Waals surface area contributed by atoms with Gasteiger partial charge in [-0.25, -0.2) is 9.59 Å². The van der Waals surface area contributed by atoms with Gasteiger partial charge in [-0.1, -0.05) is 31.9 Å². The second kappa shape index (κ2) is 9.12. The highest BCUT2D eigenvalue weighted by Gasteiger charge is 2.27. The van der Waals surface area contributed by atoms with E-state index in [0.29, 0.717) is 6.42 Å². The number of amides is 1. The lowest BCUT2D eigenvalue weighted by Crippen LogP contribution is -2.47. The molecule has 0 fully saturated rings. The van der Waals surface area contributed by atoms with Crippen molar-refractivity contribution in [2.24, 2.45) is 5.92 Å². The molecule has 0 unspecified atom stereocenters. The molecule has 2 atom stereocenters. The second-order valence-corrected chi connectivity index (χ2v) is 5.63. The zero-order chi connectivity index (χ0) is 18.3. The number of methoxy groups -OCH3 is 1. The van der Waals surface area contributed by atoms with Crippen LogP contribution in [0.15, 0.2) is 18.2 Å². The summed E-state index contributed by atoms with van der Waals surface area (Å²) >= 11 is 5.67. The predicted octanol–water partition coefficient (Wildman–Crippen LogP) is 1.91. The summed E-state index contributed by atoms with van der Waals surface area (Å²) in [6, 6.07) is 3.06. The summed E-state index contributed by atoms with van der Waals surface area (Å²) in [5.41, 5.74) is -0.112. The molecule has 7 nitrogen and oxygen atoms in total. The Morgan fingerprint density at radius 2 is 2.00 bits per heavy atom. The molecule has 0 saturated heterocycles. The van der Waals surface area contributed by atoms with Gasteiger partial charge in [0.2, 0.25) is 0 Å². The number of esters is 2. The summed E-state index contributed by atoms with van der Waals surface area (Å²) in [7, 11) is 1.23. The quantitative estimate of drug-likeness (QED) is 0.723. The standard InChI is InChI=1S/C16H20ClNO6/c1-4-9(2)14(16(22)23-3)18-13(20)8-24-15(21)11-6-5-10(17)7-12(11)19/h5-7,9,14,19H,4,8H2,1-3H3,(H,18,20)/t9-,14-/m1/s1. The number of aromatic hydroxyl groups is 1. The van der Waals surface area contributed by atoms with Gasteiger partial charge in [0, 0.05) is 5.02 Å². The van der Waals surface area contributed by atoms with Crippen molar-refractivity contribution in [2.75, 3.05) is 13.7 Å². The first-order chi connectivity index (χ1) is 11.3. The summed E-state index contributed by atoms with van der Waals surface area (Å²) in [5.74, 6) is -2.58. The molecule has 0 bridgehead atoms. The number of phenolic OH excluding ortho intramolecular Hbond substituents is 1. The Bertz CT molecular complexity index is 619. The topological polar surface area (TPSA) is 102 Å². The molecule has 0 aliphatic carbocycles. The van der Waals surface area contributed by atoms with Crippen LogP contribution in [0.3, 0.4) is 0 Å². The number of hydrogen-bond donors (Lipinski definition) is 2. The summed E-state index contributed by atoms with van der Waals surface area (Å²) in [5, 5.41) is 12.4. The zero-order valence-electron chi connectivity index (χ0n) is 13.7. The molecule has 1 amide bonds. The van der Waals surface area contributed by atoms with Gasteiger partial charge in [-0.3, -0.25) is 4.79 Å². The van der Waals surface area contributed by atoms with Crippen molar-refractivity contribution in [2.45, 2.75) is 26.3 Å². The molecule has 0 radical (unpaired) electrons. The van der Waals surface area contributed by atoms with E-state index in [1.807, 2.05) is 6.92 Å². The minimum Gasteiger partial charge on any atom is -0.507 e. The van der Waals surface area contributed by atoms with E-state index >= 15 is 0 Å². The lowest BCUT2D eigenvalue weighted by Gasteiger charge is -2.21. The first kappa shape index (κ1) is 19.8. The average molecular weight is 358 g/mol. The van der Waals surface area contributed by atoms with Crippen LogP contribution in [0.1, 0.15) is 30.6 Å². The van der Waals surface area contributed by atoms with Gasteiger partial charge in [0.05, 0.1) is 7.11 Å². The van der Waals surface area contributed by atoms with Crippen LogP contribution in [0, 0.1) is 5.92 Å². The molecular weight excluding hydrogens is 338 g/mol. The maximum atomic E-state index is 11.9. The minimum atomic E-state index is -0.877. The third kappa shape index (κ3) is 5.42. The molecule has 1 aromatic rings. The van der Waals surface area contributed by atoms with E-state index in [2.05, 4.69) is 10.1 Å². The molecule has 0 aromatic heterocycles. The van der Waals surface area contributed by atoms with Gasteiger partial charge in [0.25, 0.3) is 5.91 Å². The van der Waals surface area contributed by atoms with Gasteiger partial charge in [0.15, 0.2) is 6.61 Å². The molecule has 1 rings (SSSR count). The van der Waals surface area contributed by atoms with Crippen LogP contribution in [-0.2, 0) is 19.1 Å². The number of nitrogens with one attached hydrogen (secondary N) is 1. The van der Waals surface area contributed by atoms with Crippen molar-refractivity contribution in [1.29, 1.82) is 0 Å². The molecule has 0 spiro atoms. The van der Waals surface area contributed by atoms with Crippen LogP contribution < -0.4 is 5.32 Å². The molecular formula is C16H20ClNO6. The fraction of sp³-hybridized carbons (Fsp3) is 0.438. The summed E-state index contributed by atoms with van der Waals surface area (Å²) in [6.07, 6.45) is 0.651. The van der Waals surface area contributed by atoms with Crippen molar-refractivity contribution in [3.63, 3.8) is 0 Å². The number of carbonyl (C=O) groups is 3. The fourth-order valence-electron chi connectivity index (χ4n) is 1.90. The number of benzene rings is 1. The van der Waals surface area contributed by atoms with E-state index in [0.717, 1.165) is 0 Å². The number of hydrogen-bond acceptors (Lipinski definition) is 6. The van der Waals surface area contributed by atoms with Gasteiger partial charge in [-0.15, -0.1) is 0 Å². The number of ether oxygens (including phenoxy) is 2. The Hall–Kier alpha value is -2.28. The predicted molar refractivity (Wildman–Crippen MR) is 86.8 cm³/mol. The molecule has 2 N–H and O–H groups in total. The first-order valence-corrected chi connectivity index (χ1v) is 7.70. The van der Waals surface area contributed by atoms with Crippen molar-refractivity contribution >= 4 is 29.4 Å². The molecule has 24 heavy (non-hydrogen) atoms. The second-order valence-electron chi connectivity index (χ2n) is 5.19. The molecule has 1 aromatic carbocycles. The fourth-order valence-corrected chi connectivity index (χ4v) is 2.06. The van der Waals surface area contributed by atoms with Gasteiger partial charge in [-0.2, -0.15) is 0 Å². The molecule has 0 aliphatic rings. The van der Waals surface area contributed by atoms with Gasteiger partial charge < -0.3 is 19.9 Å². The third-order valence-corrected chi connectivity index (χ3v) is 3.73. The maximum absolute atomic E-state index is 11.9. The van der Waals surface area contributed by atoms with E-state index in [1.165, 1.54) is 25.3 Å². The van der Waals surface area contributed by atoms with E-state index in [1.54, 1.807) is 6.92 Å². The Kier molecular flexibility index (Phi) is 7.51. The Labute approximate surface area is 144 Å². The highest BCUT2D eigenvalue weighted by molar-refractivity contribution is 6.30. The van der Waals surface area contributed by atoms with Gasteiger partial charge in [0.1, 0.15) is 17.4 Å². The number of phenols is 1. The molecule has 0 saturated carbocycles. The summed E-state index contributed by atoms with van der Waals surface area (Å²) < 4.78 is 9.48. The Balaban J connectivity index is 2.64. The Morgan fingerprint density at radius 1 is 1.33 bits per heavy atom. The lowest BCUT2D eigenvalue weighted by molar-refractivity contribution is -0.147. The number of carbonyl (C=O) groups excluding carboxylic acids is 3. The first-order valence-electron chi connectivity index (χ1n) is 7.33. The number of halogens is 1. The van der Waals surface area contributed by atoms with Crippen LogP contribution in [-0.4, -0.2) is 42.7 Å². The largest absolute Gasteiger partial charge is 0.507 e. The van der Waals surface area contributed by atoms with E-state index in [4.69, 9.17) is 16.3 Å².